The highest BCUT2D eigenvalue weighted by molar-refractivity contribution is 7.15. The zero-order valence-corrected chi connectivity index (χ0v) is 10.7. The van der Waals surface area contributed by atoms with Crippen molar-refractivity contribution < 1.29 is 8.78 Å². The van der Waals surface area contributed by atoms with Crippen molar-refractivity contribution in [1.82, 2.24) is 10.3 Å². The van der Waals surface area contributed by atoms with Gasteiger partial charge in [0.15, 0.2) is 11.6 Å². The molecular weight excluding hydrogens is 254 g/mol. The Bertz CT molecular complexity index is 591. The summed E-state index contributed by atoms with van der Waals surface area (Å²) in [4.78, 5) is 5.70. The Morgan fingerprint density at radius 1 is 1.28 bits per heavy atom. The minimum atomic E-state index is -0.827. The van der Waals surface area contributed by atoms with Gasteiger partial charge in [0.25, 0.3) is 0 Å². The summed E-state index contributed by atoms with van der Waals surface area (Å²) in [5, 5.41) is 3.98. The van der Waals surface area contributed by atoms with Crippen molar-refractivity contribution in [3.8, 4) is 10.6 Å². The van der Waals surface area contributed by atoms with Crippen molar-refractivity contribution in [2.75, 3.05) is 13.1 Å². The number of nitrogens with zero attached hydrogens (tertiary/aromatic N) is 1. The van der Waals surface area contributed by atoms with Crippen molar-refractivity contribution >= 4 is 11.3 Å². The summed E-state index contributed by atoms with van der Waals surface area (Å²) in [5.41, 5.74) is 1.63. The van der Waals surface area contributed by atoms with Crippen LogP contribution in [0.2, 0.25) is 0 Å². The van der Waals surface area contributed by atoms with Gasteiger partial charge in [0.05, 0.1) is 5.69 Å². The summed E-state index contributed by atoms with van der Waals surface area (Å²) in [6.07, 6.45) is 0. The maximum atomic E-state index is 13.2. The number of hydrogen-bond donors (Lipinski definition) is 1. The summed E-state index contributed by atoms with van der Waals surface area (Å²) in [6.45, 7) is 3.91. The van der Waals surface area contributed by atoms with Crippen LogP contribution in [0.5, 0.6) is 0 Å². The van der Waals surface area contributed by atoms with E-state index < -0.39 is 11.6 Å². The van der Waals surface area contributed by atoms with Crippen LogP contribution in [0.3, 0.4) is 0 Å². The molecule has 2 aromatic rings. The second kappa shape index (κ2) is 4.40. The monoisotopic (exact) mass is 266 g/mol. The predicted octanol–water partition coefficient (Wildman–Crippen LogP) is 3.08. The zero-order chi connectivity index (χ0) is 12.7. The topological polar surface area (TPSA) is 24.9 Å². The highest BCUT2D eigenvalue weighted by atomic mass is 32.1. The van der Waals surface area contributed by atoms with Crippen molar-refractivity contribution in [2.24, 2.45) is 0 Å². The lowest BCUT2D eigenvalue weighted by Crippen LogP contribution is -2.39. The molecule has 1 aromatic heterocycles. The van der Waals surface area contributed by atoms with Crippen LogP contribution in [-0.2, 0) is 0 Å². The standard InChI is InChI=1S/C13H12F2N2S/c1-7-12(9-5-16-6-9)18-13(17-7)8-2-3-10(14)11(15)4-8/h2-4,9,16H,5-6H2,1H3. The number of nitrogens with one attached hydrogen (secondary N) is 1. The van der Waals surface area contributed by atoms with Gasteiger partial charge in [-0.2, -0.15) is 0 Å². The lowest BCUT2D eigenvalue weighted by Gasteiger charge is -2.26. The fraction of sp³-hybridized carbons (Fsp3) is 0.308. The lowest BCUT2D eigenvalue weighted by atomic mass is 10.0. The van der Waals surface area contributed by atoms with Crippen LogP contribution in [0.1, 0.15) is 16.5 Å². The molecule has 0 unspecified atom stereocenters. The normalized spacial score (nSPS) is 15.7. The molecule has 0 bridgehead atoms. The quantitative estimate of drug-likeness (QED) is 0.903. The Labute approximate surface area is 108 Å². The third kappa shape index (κ3) is 1.93. The van der Waals surface area contributed by atoms with Gasteiger partial charge >= 0.3 is 0 Å². The molecular formula is C13H12F2N2S. The number of aromatic nitrogens is 1. The second-order valence-electron chi connectivity index (χ2n) is 4.45. The van der Waals surface area contributed by atoms with Gasteiger partial charge in [0.1, 0.15) is 5.01 Å². The summed E-state index contributed by atoms with van der Waals surface area (Å²) in [7, 11) is 0. The van der Waals surface area contributed by atoms with Crippen LogP contribution >= 0.6 is 11.3 Å². The van der Waals surface area contributed by atoms with Crippen LogP contribution in [0.15, 0.2) is 18.2 Å². The van der Waals surface area contributed by atoms with E-state index in [0.717, 1.165) is 29.9 Å². The predicted molar refractivity (Wildman–Crippen MR) is 67.8 cm³/mol. The smallest absolute Gasteiger partial charge is 0.159 e. The average molecular weight is 266 g/mol. The molecule has 94 valence electrons. The Balaban J connectivity index is 1.98. The van der Waals surface area contributed by atoms with E-state index in [-0.39, 0.29) is 0 Å². The van der Waals surface area contributed by atoms with E-state index in [9.17, 15) is 8.78 Å². The number of halogens is 2. The molecule has 5 heteroatoms. The highest BCUT2D eigenvalue weighted by Gasteiger charge is 2.24. The maximum absolute atomic E-state index is 13.2. The van der Waals surface area contributed by atoms with Gasteiger partial charge in [-0.1, -0.05) is 0 Å². The van der Waals surface area contributed by atoms with E-state index in [0.29, 0.717) is 11.5 Å². The summed E-state index contributed by atoms with van der Waals surface area (Å²) in [6, 6.07) is 3.92. The molecule has 3 rings (SSSR count). The van der Waals surface area contributed by atoms with Crippen LogP contribution in [0.4, 0.5) is 8.78 Å². The SMILES string of the molecule is Cc1nc(-c2ccc(F)c(F)c2)sc1C1CNC1. The first kappa shape index (κ1) is 11.7. The molecule has 18 heavy (non-hydrogen) atoms. The van der Waals surface area contributed by atoms with Crippen LogP contribution in [0, 0.1) is 18.6 Å². The summed E-state index contributed by atoms with van der Waals surface area (Å²) >= 11 is 1.57. The molecule has 0 amide bonds. The van der Waals surface area contributed by atoms with E-state index in [1.807, 2.05) is 6.92 Å². The second-order valence-corrected chi connectivity index (χ2v) is 5.48. The molecule has 2 heterocycles. The third-order valence-corrected chi connectivity index (χ3v) is 4.52. The van der Waals surface area contributed by atoms with Crippen molar-refractivity contribution in [3.05, 3.63) is 40.4 Å². The Morgan fingerprint density at radius 2 is 2.06 bits per heavy atom. The van der Waals surface area contributed by atoms with Gasteiger partial charge in [-0.05, 0) is 25.1 Å². The number of hydrogen-bond acceptors (Lipinski definition) is 3. The fourth-order valence-corrected chi connectivity index (χ4v) is 3.18. The van der Waals surface area contributed by atoms with E-state index in [2.05, 4.69) is 10.3 Å². The molecule has 0 aliphatic carbocycles. The first-order valence-electron chi connectivity index (χ1n) is 5.78. The number of aryl methyl sites for hydroxylation is 1. The van der Waals surface area contributed by atoms with E-state index >= 15 is 0 Å². The van der Waals surface area contributed by atoms with Crippen LogP contribution in [-0.4, -0.2) is 18.1 Å². The van der Waals surface area contributed by atoms with Gasteiger partial charge in [0, 0.05) is 29.4 Å². The van der Waals surface area contributed by atoms with E-state index in [1.165, 1.54) is 10.9 Å². The minimum Gasteiger partial charge on any atom is -0.315 e. The van der Waals surface area contributed by atoms with Gasteiger partial charge in [-0.15, -0.1) is 11.3 Å². The molecule has 0 spiro atoms. The molecule has 0 radical (unpaired) electrons. The lowest BCUT2D eigenvalue weighted by molar-refractivity contribution is 0.452. The molecule has 1 aromatic carbocycles. The molecule has 1 fully saturated rings. The first-order valence-corrected chi connectivity index (χ1v) is 6.60. The Kier molecular flexibility index (Phi) is 2.87. The van der Waals surface area contributed by atoms with Gasteiger partial charge in [-0.25, -0.2) is 13.8 Å². The number of benzene rings is 1. The average Bonchev–Trinajstić information content (AvgIpc) is 2.63. The van der Waals surface area contributed by atoms with Gasteiger partial charge in [-0.3, -0.25) is 0 Å². The minimum absolute atomic E-state index is 0.515. The molecule has 0 saturated carbocycles. The van der Waals surface area contributed by atoms with Gasteiger partial charge < -0.3 is 5.32 Å². The number of rotatable bonds is 2. The van der Waals surface area contributed by atoms with E-state index in [4.69, 9.17) is 0 Å². The zero-order valence-electron chi connectivity index (χ0n) is 9.84. The van der Waals surface area contributed by atoms with Crippen molar-refractivity contribution in [3.63, 3.8) is 0 Å². The van der Waals surface area contributed by atoms with Crippen molar-refractivity contribution in [1.29, 1.82) is 0 Å². The fourth-order valence-electron chi connectivity index (χ4n) is 2.01. The van der Waals surface area contributed by atoms with Crippen LogP contribution < -0.4 is 5.32 Å². The van der Waals surface area contributed by atoms with Crippen molar-refractivity contribution in [2.45, 2.75) is 12.8 Å². The molecule has 2 nitrogen and oxygen atoms in total. The molecule has 1 aliphatic rings. The number of thiazole rings is 1. The van der Waals surface area contributed by atoms with Crippen LogP contribution in [0.25, 0.3) is 10.6 Å². The Hall–Kier alpha value is -1.33. The third-order valence-electron chi connectivity index (χ3n) is 3.15. The largest absolute Gasteiger partial charge is 0.315 e. The highest BCUT2D eigenvalue weighted by Crippen LogP contribution is 2.34. The summed E-state index contributed by atoms with van der Waals surface area (Å²) in [5.74, 6) is -1.13. The maximum Gasteiger partial charge on any atom is 0.159 e. The molecule has 1 saturated heterocycles. The Morgan fingerprint density at radius 3 is 2.67 bits per heavy atom. The van der Waals surface area contributed by atoms with Gasteiger partial charge in [0.2, 0.25) is 0 Å². The van der Waals surface area contributed by atoms with E-state index in [1.54, 1.807) is 17.4 Å². The summed E-state index contributed by atoms with van der Waals surface area (Å²) < 4.78 is 26.1. The molecule has 1 N–H and O–H groups in total. The molecule has 1 aliphatic heterocycles. The first-order chi connectivity index (χ1) is 8.65. The molecule has 0 atom stereocenters.